The van der Waals surface area contributed by atoms with E-state index in [0.717, 1.165) is 12.1 Å². The second kappa shape index (κ2) is 5.00. The minimum absolute atomic E-state index is 0.188. The van der Waals surface area contributed by atoms with E-state index in [1.54, 1.807) is 12.1 Å². The molecule has 0 atom stereocenters. The van der Waals surface area contributed by atoms with Crippen LogP contribution in [0, 0.1) is 17.5 Å². The van der Waals surface area contributed by atoms with Gasteiger partial charge in [-0.05, 0) is 41.0 Å². The summed E-state index contributed by atoms with van der Waals surface area (Å²) in [6.07, 6.45) is 0. The summed E-state index contributed by atoms with van der Waals surface area (Å²) in [5.74, 6) is -3.98. The lowest BCUT2D eigenvalue weighted by Crippen LogP contribution is -2.00. The number of halogens is 4. The van der Waals surface area contributed by atoms with Crippen molar-refractivity contribution in [1.82, 2.24) is 0 Å². The number of hydrogen-bond acceptors (Lipinski definition) is 1. The van der Waals surface area contributed by atoms with Gasteiger partial charge in [0.1, 0.15) is 0 Å². The Kier molecular flexibility index (Phi) is 3.59. The van der Waals surface area contributed by atoms with Crippen molar-refractivity contribution in [2.24, 2.45) is 5.73 Å². The predicted octanol–water partition coefficient (Wildman–Crippen LogP) is 3.88. The molecule has 0 aromatic heterocycles. The summed E-state index contributed by atoms with van der Waals surface area (Å²) in [5.41, 5.74) is 6.90. The van der Waals surface area contributed by atoms with E-state index in [1.807, 2.05) is 0 Å². The summed E-state index contributed by atoms with van der Waals surface area (Å²) in [6, 6.07) is 6.67. The van der Waals surface area contributed by atoms with Crippen LogP contribution >= 0.6 is 11.6 Å². The van der Waals surface area contributed by atoms with Crippen molar-refractivity contribution in [3.63, 3.8) is 0 Å². The van der Waals surface area contributed by atoms with Crippen molar-refractivity contribution in [2.45, 2.75) is 6.54 Å². The van der Waals surface area contributed by atoms with Crippen LogP contribution in [0.5, 0.6) is 0 Å². The molecule has 0 aliphatic heterocycles. The van der Waals surface area contributed by atoms with Crippen molar-refractivity contribution in [2.75, 3.05) is 0 Å². The Morgan fingerprint density at radius 3 is 2.17 bits per heavy atom. The van der Waals surface area contributed by atoms with Crippen LogP contribution in [0.3, 0.4) is 0 Å². The molecule has 0 aliphatic rings. The van der Waals surface area contributed by atoms with Gasteiger partial charge in [-0.2, -0.15) is 0 Å². The lowest BCUT2D eigenvalue weighted by Gasteiger charge is -2.09. The van der Waals surface area contributed by atoms with Gasteiger partial charge in [-0.3, -0.25) is 0 Å². The maximum absolute atomic E-state index is 13.2. The van der Waals surface area contributed by atoms with Gasteiger partial charge in [-0.25, -0.2) is 13.2 Å². The van der Waals surface area contributed by atoms with Crippen LogP contribution < -0.4 is 5.73 Å². The van der Waals surface area contributed by atoms with E-state index >= 15 is 0 Å². The van der Waals surface area contributed by atoms with Gasteiger partial charge in [0.2, 0.25) is 0 Å². The quantitative estimate of drug-likeness (QED) is 0.824. The topological polar surface area (TPSA) is 26.0 Å². The molecule has 2 aromatic rings. The summed E-state index contributed by atoms with van der Waals surface area (Å²) in [6.45, 7) is 0.188. The molecule has 1 nitrogen and oxygen atoms in total. The zero-order chi connectivity index (χ0) is 13.3. The van der Waals surface area contributed by atoms with E-state index < -0.39 is 17.5 Å². The SMILES string of the molecule is NCc1ccc(Cl)cc1-c1cc(F)c(F)c(F)c1. The molecule has 0 spiro atoms. The van der Waals surface area contributed by atoms with E-state index in [0.29, 0.717) is 16.1 Å². The molecule has 0 heterocycles. The average Bonchev–Trinajstić information content (AvgIpc) is 2.35. The van der Waals surface area contributed by atoms with Crippen LogP contribution in [-0.4, -0.2) is 0 Å². The molecule has 2 N–H and O–H groups in total. The van der Waals surface area contributed by atoms with Crippen LogP contribution in [0.15, 0.2) is 30.3 Å². The third-order valence-electron chi connectivity index (χ3n) is 2.59. The first kappa shape index (κ1) is 12.9. The molecule has 0 saturated carbocycles. The van der Waals surface area contributed by atoms with Crippen LogP contribution in [-0.2, 0) is 6.54 Å². The third-order valence-corrected chi connectivity index (χ3v) is 2.82. The summed E-state index contributed by atoms with van der Waals surface area (Å²) in [5, 5.41) is 0.410. The third kappa shape index (κ3) is 2.35. The Balaban J connectivity index is 2.65. The monoisotopic (exact) mass is 271 g/mol. The van der Waals surface area contributed by atoms with Gasteiger partial charge in [0.15, 0.2) is 17.5 Å². The summed E-state index contributed by atoms with van der Waals surface area (Å²) >= 11 is 5.83. The highest BCUT2D eigenvalue weighted by molar-refractivity contribution is 6.30. The molecule has 0 saturated heterocycles. The van der Waals surface area contributed by atoms with Crippen LogP contribution in [0.2, 0.25) is 5.02 Å². The van der Waals surface area contributed by atoms with Crippen molar-refractivity contribution in [3.05, 3.63) is 58.4 Å². The highest BCUT2D eigenvalue weighted by Crippen LogP contribution is 2.29. The molecule has 0 amide bonds. The van der Waals surface area contributed by atoms with Crippen molar-refractivity contribution in [1.29, 1.82) is 0 Å². The van der Waals surface area contributed by atoms with Gasteiger partial charge in [0.25, 0.3) is 0 Å². The Bertz CT molecular complexity index is 576. The number of benzene rings is 2. The molecule has 2 rings (SSSR count). The molecule has 0 fully saturated rings. The summed E-state index contributed by atoms with van der Waals surface area (Å²) < 4.78 is 39.3. The lowest BCUT2D eigenvalue weighted by atomic mass is 9.99. The smallest absolute Gasteiger partial charge is 0.194 e. The average molecular weight is 272 g/mol. The molecule has 18 heavy (non-hydrogen) atoms. The van der Waals surface area contributed by atoms with Gasteiger partial charge >= 0.3 is 0 Å². The number of nitrogens with two attached hydrogens (primary N) is 1. The molecule has 94 valence electrons. The maximum atomic E-state index is 13.2. The van der Waals surface area contributed by atoms with Gasteiger partial charge in [-0.1, -0.05) is 17.7 Å². The maximum Gasteiger partial charge on any atom is 0.194 e. The van der Waals surface area contributed by atoms with Crippen LogP contribution in [0.25, 0.3) is 11.1 Å². The fourth-order valence-corrected chi connectivity index (χ4v) is 1.88. The van der Waals surface area contributed by atoms with Crippen molar-refractivity contribution in [3.8, 4) is 11.1 Å². The zero-order valence-electron chi connectivity index (χ0n) is 9.18. The Morgan fingerprint density at radius 2 is 1.61 bits per heavy atom. The number of hydrogen-bond donors (Lipinski definition) is 1. The molecule has 5 heteroatoms. The van der Waals surface area contributed by atoms with Gasteiger partial charge in [-0.15, -0.1) is 0 Å². The molecule has 0 unspecified atom stereocenters. The Morgan fingerprint density at radius 1 is 1.00 bits per heavy atom. The van der Waals surface area contributed by atoms with Gasteiger partial charge in [0.05, 0.1) is 0 Å². The molecule has 2 aromatic carbocycles. The fourth-order valence-electron chi connectivity index (χ4n) is 1.71. The van der Waals surface area contributed by atoms with E-state index in [1.165, 1.54) is 6.07 Å². The highest BCUT2D eigenvalue weighted by atomic mass is 35.5. The van der Waals surface area contributed by atoms with E-state index in [9.17, 15) is 13.2 Å². The predicted molar refractivity (Wildman–Crippen MR) is 64.7 cm³/mol. The second-order valence-corrected chi connectivity index (χ2v) is 4.20. The first-order chi connectivity index (χ1) is 8.52. The van der Waals surface area contributed by atoms with E-state index in [-0.39, 0.29) is 12.1 Å². The second-order valence-electron chi connectivity index (χ2n) is 3.76. The van der Waals surface area contributed by atoms with Crippen molar-refractivity contribution >= 4 is 11.6 Å². The first-order valence-corrected chi connectivity index (χ1v) is 5.54. The molecule has 0 radical (unpaired) electrons. The van der Waals surface area contributed by atoms with Crippen LogP contribution in [0.4, 0.5) is 13.2 Å². The van der Waals surface area contributed by atoms with Crippen LogP contribution in [0.1, 0.15) is 5.56 Å². The minimum Gasteiger partial charge on any atom is -0.326 e. The standard InChI is InChI=1S/C13H9ClF3N/c14-9-2-1-7(6-18)10(5-9)8-3-11(15)13(17)12(16)4-8/h1-5H,6,18H2. The fraction of sp³-hybridized carbons (Fsp3) is 0.0769. The summed E-state index contributed by atoms with van der Waals surface area (Å²) in [7, 11) is 0. The van der Waals surface area contributed by atoms with Gasteiger partial charge in [0, 0.05) is 11.6 Å². The minimum atomic E-state index is -1.49. The normalized spacial score (nSPS) is 10.7. The van der Waals surface area contributed by atoms with Crippen molar-refractivity contribution < 1.29 is 13.2 Å². The van der Waals surface area contributed by atoms with E-state index in [4.69, 9.17) is 17.3 Å². The Labute approximate surface area is 107 Å². The zero-order valence-corrected chi connectivity index (χ0v) is 9.94. The molecular weight excluding hydrogens is 263 g/mol. The highest BCUT2D eigenvalue weighted by Gasteiger charge is 2.13. The first-order valence-electron chi connectivity index (χ1n) is 5.16. The molecule has 0 aliphatic carbocycles. The molecule has 0 bridgehead atoms. The Hall–Kier alpha value is -1.52. The number of rotatable bonds is 2. The lowest BCUT2D eigenvalue weighted by molar-refractivity contribution is 0.447. The van der Waals surface area contributed by atoms with E-state index in [2.05, 4.69) is 0 Å². The molecular formula is C13H9ClF3N. The van der Waals surface area contributed by atoms with Gasteiger partial charge < -0.3 is 5.73 Å². The largest absolute Gasteiger partial charge is 0.326 e. The summed E-state index contributed by atoms with van der Waals surface area (Å²) in [4.78, 5) is 0.